The summed E-state index contributed by atoms with van der Waals surface area (Å²) >= 11 is 0. The van der Waals surface area contributed by atoms with Crippen LogP contribution in [0.3, 0.4) is 0 Å². The Morgan fingerprint density at radius 1 is 1.00 bits per heavy atom. The second-order valence-corrected chi connectivity index (χ2v) is 6.63. The third-order valence-corrected chi connectivity index (χ3v) is 4.57. The molecule has 5 N–H and O–H groups in total. The first kappa shape index (κ1) is 18.9. The molecule has 4 rings (SSSR count). The zero-order valence-corrected chi connectivity index (χ0v) is 15.8. The molecule has 0 atom stereocenters. The molecule has 0 bridgehead atoms. The number of nitrogens with zero attached hydrogens (tertiary/aromatic N) is 1. The van der Waals surface area contributed by atoms with Crippen molar-refractivity contribution in [2.75, 3.05) is 5.32 Å². The van der Waals surface area contributed by atoms with Gasteiger partial charge in [0.05, 0.1) is 0 Å². The van der Waals surface area contributed by atoms with Crippen LogP contribution in [-0.4, -0.2) is 26.9 Å². The Labute approximate surface area is 171 Å². The summed E-state index contributed by atoms with van der Waals surface area (Å²) in [5.74, 6) is -0.551. The molecule has 0 saturated heterocycles. The number of nitrogens with one attached hydrogen (secondary N) is 2. The molecule has 2 aromatic carbocycles. The minimum absolute atomic E-state index is 0.00975. The van der Waals surface area contributed by atoms with Gasteiger partial charge in [-0.3, -0.25) is 9.59 Å². The van der Waals surface area contributed by atoms with Gasteiger partial charge in [-0.1, -0.05) is 36.4 Å². The first-order valence-electron chi connectivity index (χ1n) is 9.17. The number of phenolic OH excluding ortho intramolecular Hbond substituents is 1. The number of hydrogen-bond donors (Lipinski definition) is 4. The summed E-state index contributed by atoms with van der Waals surface area (Å²) in [4.78, 5) is 31.8. The highest BCUT2D eigenvalue weighted by Crippen LogP contribution is 2.25. The van der Waals surface area contributed by atoms with E-state index in [0.29, 0.717) is 22.6 Å². The number of carbonyl (C=O) groups excluding carboxylic acids is 2. The lowest BCUT2D eigenvalue weighted by Gasteiger charge is -2.05. The Bertz CT molecular complexity index is 1280. The van der Waals surface area contributed by atoms with Crippen LogP contribution in [0.5, 0.6) is 5.75 Å². The second-order valence-electron chi connectivity index (χ2n) is 6.63. The van der Waals surface area contributed by atoms with E-state index in [-0.39, 0.29) is 11.7 Å². The van der Waals surface area contributed by atoms with E-state index in [2.05, 4.69) is 15.3 Å². The van der Waals surface area contributed by atoms with Crippen molar-refractivity contribution in [3.05, 3.63) is 89.6 Å². The molecule has 0 saturated carbocycles. The van der Waals surface area contributed by atoms with Crippen molar-refractivity contribution in [1.29, 1.82) is 0 Å². The normalized spacial score (nSPS) is 11.4. The fourth-order valence-corrected chi connectivity index (χ4v) is 3.12. The molecule has 0 radical (unpaired) electrons. The fourth-order valence-electron chi connectivity index (χ4n) is 3.12. The van der Waals surface area contributed by atoms with Crippen molar-refractivity contribution in [2.24, 2.45) is 5.73 Å². The Balaban J connectivity index is 1.64. The number of aromatic hydroxyl groups is 1. The molecule has 148 valence electrons. The van der Waals surface area contributed by atoms with Gasteiger partial charge in [0.2, 0.25) is 5.91 Å². The largest absolute Gasteiger partial charge is 0.508 e. The third kappa shape index (κ3) is 3.90. The van der Waals surface area contributed by atoms with Gasteiger partial charge in [0, 0.05) is 28.3 Å². The number of primary amides is 1. The number of rotatable bonds is 5. The topological polar surface area (TPSA) is 121 Å². The second kappa shape index (κ2) is 7.92. The summed E-state index contributed by atoms with van der Waals surface area (Å²) in [6.45, 7) is 0. The highest BCUT2D eigenvalue weighted by atomic mass is 16.3. The molecule has 2 aromatic heterocycles. The Morgan fingerprint density at radius 3 is 2.50 bits per heavy atom. The monoisotopic (exact) mass is 398 g/mol. The third-order valence-electron chi connectivity index (χ3n) is 4.57. The van der Waals surface area contributed by atoms with Crippen LogP contribution in [0.2, 0.25) is 0 Å². The maximum absolute atomic E-state index is 12.4. The number of pyridine rings is 1. The predicted molar refractivity (Wildman–Crippen MR) is 116 cm³/mol. The van der Waals surface area contributed by atoms with Crippen LogP contribution in [0.1, 0.15) is 21.5 Å². The molecule has 0 spiro atoms. The van der Waals surface area contributed by atoms with Crippen molar-refractivity contribution < 1.29 is 14.7 Å². The van der Waals surface area contributed by atoms with Crippen molar-refractivity contribution in [3.63, 3.8) is 0 Å². The SMILES string of the molecule is NC(=O)/C(=C\c1c[nH]c2nc(NC(=O)c3cccc(O)c3)ccc12)c1ccccc1. The summed E-state index contributed by atoms with van der Waals surface area (Å²) in [6.07, 6.45) is 3.44. The lowest BCUT2D eigenvalue weighted by molar-refractivity contribution is -0.112. The van der Waals surface area contributed by atoms with Gasteiger partial charge in [-0.15, -0.1) is 0 Å². The fraction of sp³-hybridized carbons (Fsp3) is 0. The van der Waals surface area contributed by atoms with Gasteiger partial charge < -0.3 is 21.1 Å². The van der Waals surface area contributed by atoms with Crippen LogP contribution in [0, 0.1) is 0 Å². The number of aromatic nitrogens is 2. The number of nitrogens with two attached hydrogens (primary N) is 1. The van der Waals surface area contributed by atoms with Gasteiger partial charge in [0.25, 0.3) is 5.91 Å². The van der Waals surface area contributed by atoms with E-state index in [1.165, 1.54) is 12.1 Å². The van der Waals surface area contributed by atoms with E-state index < -0.39 is 5.91 Å². The number of fused-ring (bicyclic) bond motifs is 1. The first-order valence-corrected chi connectivity index (χ1v) is 9.17. The zero-order valence-electron chi connectivity index (χ0n) is 15.8. The van der Waals surface area contributed by atoms with Crippen LogP contribution < -0.4 is 11.1 Å². The van der Waals surface area contributed by atoms with Crippen LogP contribution in [0.15, 0.2) is 72.9 Å². The van der Waals surface area contributed by atoms with E-state index in [9.17, 15) is 14.7 Å². The minimum atomic E-state index is -0.529. The van der Waals surface area contributed by atoms with Crippen molar-refractivity contribution in [1.82, 2.24) is 9.97 Å². The maximum atomic E-state index is 12.4. The number of phenols is 1. The number of aromatic amines is 1. The van der Waals surface area contributed by atoms with Gasteiger partial charge in [0.15, 0.2) is 0 Å². The summed E-state index contributed by atoms with van der Waals surface area (Å²) < 4.78 is 0. The van der Waals surface area contributed by atoms with Crippen molar-refractivity contribution in [3.8, 4) is 5.75 Å². The van der Waals surface area contributed by atoms with Crippen LogP contribution >= 0.6 is 0 Å². The smallest absolute Gasteiger partial charge is 0.256 e. The highest BCUT2D eigenvalue weighted by molar-refractivity contribution is 6.24. The van der Waals surface area contributed by atoms with Gasteiger partial charge in [-0.2, -0.15) is 0 Å². The van der Waals surface area contributed by atoms with Gasteiger partial charge in [-0.05, 0) is 42.0 Å². The van der Waals surface area contributed by atoms with Gasteiger partial charge in [0.1, 0.15) is 17.2 Å². The molecule has 0 fully saturated rings. The number of H-pyrrole nitrogens is 1. The van der Waals surface area contributed by atoms with Gasteiger partial charge in [-0.25, -0.2) is 4.98 Å². The molecule has 2 heterocycles. The standard InChI is InChI=1S/C23H18N4O3/c24-21(29)19(14-5-2-1-3-6-14)12-16-13-25-22-18(16)9-10-20(26-22)27-23(30)15-7-4-8-17(28)11-15/h1-13,28H,(H2,24,29)(H2,25,26,27,30)/b19-12-. The first-order chi connectivity index (χ1) is 14.5. The molecule has 2 amide bonds. The van der Waals surface area contributed by atoms with E-state index in [4.69, 9.17) is 5.73 Å². The molecule has 4 aromatic rings. The van der Waals surface area contributed by atoms with E-state index in [1.807, 2.05) is 30.3 Å². The predicted octanol–water partition coefficient (Wildman–Crippen LogP) is 3.55. The Kier molecular flexibility index (Phi) is 5.00. The van der Waals surface area contributed by atoms with Gasteiger partial charge >= 0.3 is 0 Å². The molecule has 0 aliphatic heterocycles. The zero-order chi connectivity index (χ0) is 21.1. The van der Waals surface area contributed by atoms with E-state index in [0.717, 1.165) is 16.5 Å². The lowest BCUT2D eigenvalue weighted by atomic mass is 10.0. The molecular formula is C23H18N4O3. The number of anilines is 1. The minimum Gasteiger partial charge on any atom is -0.508 e. The molecule has 7 heteroatoms. The lowest BCUT2D eigenvalue weighted by Crippen LogP contribution is -2.13. The summed E-state index contributed by atoms with van der Waals surface area (Å²) in [5.41, 5.74) is 8.31. The Morgan fingerprint density at radius 2 is 1.77 bits per heavy atom. The molecule has 0 aliphatic carbocycles. The molecule has 30 heavy (non-hydrogen) atoms. The van der Waals surface area contributed by atoms with E-state index >= 15 is 0 Å². The molecule has 0 unspecified atom stereocenters. The summed E-state index contributed by atoms with van der Waals surface area (Å²) in [7, 11) is 0. The number of hydrogen-bond acceptors (Lipinski definition) is 4. The molecule has 0 aliphatic rings. The van der Waals surface area contributed by atoms with Crippen LogP contribution in [0.25, 0.3) is 22.7 Å². The Hall–Kier alpha value is -4.39. The average molecular weight is 398 g/mol. The van der Waals surface area contributed by atoms with Crippen LogP contribution in [0.4, 0.5) is 5.82 Å². The highest BCUT2D eigenvalue weighted by Gasteiger charge is 2.12. The van der Waals surface area contributed by atoms with E-state index in [1.54, 1.807) is 36.5 Å². The van der Waals surface area contributed by atoms with Crippen LogP contribution in [-0.2, 0) is 4.79 Å². The maximum Gasteiger partial charge on any atom is 0.256 e. The number of carbonyl (C=O) groups is 2. The average Bonchev–Trinajstić information content (AvgIpc) is 3.14. The van der Waals surface area contributed by atoms with Crippen molar-refractivity contribution >= 4 is 40.3 Å². The summed E-state index contributed by atoms with van der Waals surface area (Å²) in [5, 5.41) is 13.0. The number of benzene rings is 2. The molecule has 7 nitrogen and oxygen atoms in total. The molecular weight excluding hydrogens is 380 g/mol. The quantitative estimate of drug-likeness (QED) is 0.384. The van der Waals surface area contributed by atoms with Crippen molar-refractivity contribution in [2.45, 2.75) is 0 Å². The summed E-state index contributed by atoms with van der Waals surface area (Å²) in [6, 6.07) is 18.7. The number of amides is 2.